The second kappa shape index (κ2) is 5.31. The van der Waals surface area contributed by atoms with Crippen molar-refractivity contribution >= 4 is 15.5 Å². The van der Waals surface area contributed by atoms with E-state index in [1.807, 2.05) is 18.2 Å². The molecular weight excluding hydrogens is 246 g/mol. The molecule has 1 aromatic rings. The Morgan fingerprint density at radius 2 is 2.00 bits per heavy atom. The highest BCUT2D eigenvalue weighted by molar-refractivity contribution is 7.91. The van der Waals surface area contributed by atoms with Crippen LogP contribution in [0.15, 0.2) is 24.3 Å². The fourth-order valence-electron chi connectivity index (χ4n) is 2.49. The molecule has 1 fully saturated rings. The quantitative estimate of drug-likeness (QED) is 0.916. The van der Waals surface area contributed by atoms with E-state index in [9.17, 15) is 8.42 Å². The van der Waals surface area contributed by atoms with Gasteiger partial charge in [0.25, 0.3) is 0 Å². The Balaban J connectivity index is 2.14. The second-order valence-electron chi connectivity index (χ2n) is 5.34. The average Bonchev–Trinajstić information content (AvgIpc) is 2.28. The van der Waals surface area contributed by atoms with Gasteiger partial charge < -0.3 is 5.32 Å². The first-order valence-electron chi connectivity index (χ1n) is 6.54. The van der Waals surface area contributed by atoms with E-state index >= 15 is 0 Å². The van der Waals surface area contributed by atoms with Crippen LogP contribution in [0.4, 0.5) is 5.69 Å². The zero-order valence-electron chi connectivity index (χ0n) is 11.0. The molecule has 0 amide bonds. The van der Waals surface area contributed by atoms with E-state index in [0.717, 1.165) is 18.5 Å². The first-order chi connectivity index (χ1) is 8.48. The summed E-state index contributed by atoms with van der Waals surface area (Å²) >= 11 is 0. The Morgan fingerprint density at radius 3 is 2.67 bits per heavy atom. The molecule has 1 heterocycles. The van der Waals surface area contributed by atoms with E-state index in [1.54, 1.807) is 0 Å². The van der Waals surface area contributed by atoms with E-state index in [0.29, 0.717) is 11.7 Å². The van der Waals surface area contributed by atoms with Crippen LogP contribution < -0.4 is 5.32 Å². The smallest absolute Gasteiger partial charge is 0.152 e. The van der Waals surface area contributed by atoms with Gasteiger partial charge in [0.1, 0.15) is 0 Å². The highest BCUT2D eigenvalue weighted by atomic mass is 32.2. The fraction of sp³-hybridized carbons (Fsp3) is 0.571. The fourth-order valence-corrected chi connectivity index (χ4v) is 4.12. The third kappa shape index (κ3) is 3.25. The SMILES string of the molecule is CC(C)c1ccccc1NC1CCCS(=O)(=O)C1. The van der Waals surface area contributed by atoms with Crippen molar-refractivity contribution < 1.29 is 8.42 Å². The molecule has 0 saturated carbocycles. The van der Waals surface area contributed by atoms with Crippen molar-refractivity contribution in [1.29, 1.82) is 0 Å². The maximum Gasteiger partial charge on any atom is 0.152 e. The number of benzene rings is 1. The third-order valence-electron chi connectivity index (χ3n) is 3.41. The molecule has 2 rings (SSSR count). The van der Waals surface area contributed by atoms with Gasteiger partial charge >= 0.3 is 0 Å². The Hall–Kier alpha value is -1.03. The summed E-state index contributed by atoms with van der Waals surface area (Å²) in [5.41, 5.74) is 2.33. The summed E-state index contributed by atoms with van der Waals surface area (Å²) in [6, 6.07) is 8.22. The summed E-state index contributed by atoms with van der Waals surface area (Å²) in [7, 11) is -2.85. The molecule has 1 saturated heterocycles. The van der Waals surface area contributed by atoms with Crippen LogP contribution in [-0.4, -0.2) is 26.0 Å². The van der Waals surface area contributed by atoms with Crippen molar-refractivity contribution in [1.82, 2.24) is 0 Å². The number of sulfone groups is 1. The van der Waals surface area contributed by atoms with Gasteiger partial charge in [0.05, 0.1) is 11.5 Å². The minimum Gasteiger partial charge on any atom is -0.381 e. The number of nitrogens with one attached hydrogen (secondary N) is 1. The van der Waals surface area contributed by atoms with Gasteiger partial charge in [-0.15, -0.1) is 0 Å². The van der Waals surface area contributed by atoms with Crippen LogP contribution in [0.5, 0.6) is 0 Å². The molecular formula is C14H21NO2S. The molecule has 1 N–H and O–H groups in total. The van der Waals surface area contributed by atoms with Crippen LogP contribution >= 0.6 is 0 Å². The average molecular weight is 267 g/mol. The molecule has 1 aliphatic rings. The zero-order valence-corrected chi connectivity index (χ0v) is 11.8. The standard InChI is InChI=1S/C14H21NO2S/c1-11(2)13-7-3-4-8-14(13)15-12-6-5-9-18(16,17)10-12/h3-4,7-8,11-12,15H,5-6,9-10H2,1-2H3. The molecule has 1 atom stereocenters. The van der Waals surface area contributed by atoms with Crippen LogP contribution in [0, 0.1) is 0 Å². The lowest BCUT2D eigenvalue weighted by Gasteiger charge is -2.26. The molecule has 0 bridgehead atoms. The molecule has 0 aliphatic carbocycles. The van der Waals surface area contributed by atoms with Crippen molar-refractivity contribution in [3.8, 4) is 0 Å². The number of para-hydroxylation sites is 1. The maximum atomic E-state index is 11.6. The summed E-state index contributed by atoms with van der Waals surface area (Å²) in [6.07, 6.45) is 1.70. The van der Waals surface area contributed by atoms with Crippen LogP contribution in [0.25, 0.3) is 0 Å². The molecule has 1 aliphatic heterocycles. The highest BCUT2D eigenvalue weighted by Gasteiger charge is 2.25. The van der Waals surface area contributed by atoms with E-state index in [2.05, 4.69) is 25.2 Å². The highest BCUT2D eigenvalue weighted by Crippen LogP contribution is 2.26. The minimum atomic E-state index is -2.85. The monoisotopic (exact) mass is 267 g/mol. The third-order valence-corrected chi connectivity index (χ3v) is 5.23. The molecule has 1 unspecified atom stereocenters. The summed E-state index contributed by atoms with van der Waals surface area (Å²) in [5.74, 6) is 1.05. The van der Waals surface area contributed by atoms with Crippen LogP contribution in [0.1, 0.15) is 38.2 Å². The van der Waals surface area contributed by atoms with E-state index in [-0.39, 0.29) is 11.8 Å². The molecule has 4 heteroatoms. The van der Waals surface area contributed by atoms with Gasteiger partial charge in [-0.2, -0.15) is 0 Å². The Morgan fingerprint density at radius 1 is 1.28 bits per heavy atom. The van der Waals surface area contributed by atoms with Crippen LogP contribution in [0.3, 0.4) is 0 Å². The number of anilines is 1. The van der Waals surface area contributed by atoms with Gasteiger partial charge in [0, 0.05) is 11.7 Å². The van der Waals surface area contributed by atoms with Gasteiger partial charge in [-0.3, -0.25) is 0 Å². The van der Waals surface area contributed by atoms with Crippen molar-refractivity contribution in [2.24, 2.45) is 0 Å². The van der Waals surface area contributed by atoms with Crippen molar-refractivity contribution in [2.45, 2.75) is 38.6 Å². The second-order valence-corrected chi connectivity index (χ2v) is 7.57. The minimum absolute atomic E-state index is 0.0589. The van der Waals surface area contributed by atoms with Gasteiger partial charge in [0.15, 0.2) is 9.84 Å². The largest absolute Gasteiger partial charge is 0.381 e. The predicted molar refractivity (Wildman–Crippen MR) is 75.8 cm³/mol. The topological polar surface area (TPSA) is 46.2 Å². The summed E-state index contributed by atoms with van der Waals surface area (Å²) in [4.78, 5) is 0. The number of hydrogen-bond acceptors (Lipinski definition) is 3. The first-order valence-corrected chi connectivity index (χ1v) is 8.36. The molecule has 100 valence electrons. The zero-order chi connectivity index (χ0) is 13.2. The van der Waals surface area contributed by atoms with Gasteiger partial charge in [-0.05, 0) is 30.4 Å². The normalized spacial score (nSPS) is 22.9. The number of rotatable bonds is 3. The molecule has 0 spiro atoms. The Bertz CT molecular complexity index is 508. The lowest BCUT2D eigenvalue weighted by molar-refractivity contribution is 0.562. The molecule has 3 nitrogen and oxygen atoms in total. The van der Waals surface area contributed by atoms with Crippen molar-refractivity contribution in [2.75, 3.05) is 16.8 Å². The maximum absolute atomic E-state index is 11.6. The number of hydrogen-bond donors (Lipinski definition) is 1. The molecule has 18 heavy (non-hydrogen) atoms. The predicted octanol–water partition coefficient (Wildman–Crippen LogP) is 2.80. The van der Waals surface area contributed by atoms with Crippen molar-refractivity contribution in [3.05, 3.63) is 29.8 Å². The lowest BCUT2D eigenvalue weighted by Crippen LogP contribution is -2.35. The van der Waals surface area contributed by atoms with E-state index < -0.39 is 9.84 Å². The summed E-state index contributed by atoms with van der Waals surface area (Å²) in [5, 5.41) is 3.41. The van der Waals surface area contributed by atoms with Gasteiger partial charge in [-0.1, -0.05) is 32.0 Å². The lowest BCUT2D eigenvalue weighted by atomic mass is 10.0. The Labute approximate surface area is 110 Å². The van der Waals surface area contributed by atoms with Gasteiger partial charge in [-0.25, -0.2) is 8.42 Å². The first kappa shape index (κ1) is 13.4. The summed E-state index contributed by atoms with van der Waals surface area (Å²) in [6.45, 7) is 4.30. The summed E-state index contributed by atoms with van der Waals surface area (Å²) < 4.78 is 23.3. The molecule has 1 aromatic carbocycles. The van der Waals surface area contributed by atoms with Crippen LogP contribution in [-0.2, 0) is 9.84 Å². The van der Waals surface area contributed by atoms with Gasteiger partial charge in [0.2, 0.25) is 0 Å². The van der Waals surface area contributed by atoms with Crippen LogP contribution in [0.2, 0.25) is 0 Å². The molecule has 0 radical (unpaired) electrons. The Kier molecular flexibility index (Phi) is 3.95. The van der Waals surface area contributed by atoms with Crippen molar-refractivity contribution in [3.63, 3.8) is 0 Å². The van der Waals surface area contributed by atoms with E-state index in [4.69, 9.17) is 0 Å². The molecule has 0 aromatic heterocycles. The van der Waals surface area contributed by atoms with E-state index in [1.165, 1.54) is 5.56 Å².